The average molecular weight is 260 g/mol. The zero-order valence-corrected chi connectivity index (χ0v) is 10.2. The van der Waals surface area contributed by atoms with Crippen molar-refractivity contribution >= 4 is 25.6 Å². The predicted octanol–water partition coefficient (Wildman–Crippen LogP) is 1.24. The number of amides is 1. The lowest BCUT2D eigenvalue weighted by Gasteiger charge is -2.24. The van der Waals surface area contributed by atoms with Crippen LogP contribution < -0.4 is 0 Å². The minimum absolute atomic E-state index is 0.0310. The molecule has 0 aliphatic carbocycles. The molecule has 1 amide bonds. The number of benzene rings is 1. The summed E-state index contributed by atoms with van der Waals surface area (Å²) in [4.78, 5) is 13.3. The van der Waals surface area contributed by atoms with Crippen molar-refractivity contribution in [2.75, 3.05) is 13.6 Å². The third-order valence-electron chi connectivity index (χ3n) is 2.66. The van der Waals surface area contributed by atoms with Gasteiger partial charge in [0.25, 0.3) is 15.0 Å². The molecule has 0 saturated carbocycles. The molecule has 0 fully saturated rings. The van der Waals surface area contributed by atoms with E-state index in [1.165, 1.54) is 12.1 Å². The number of halogens is 1. The van der Waals surface area contributed by atoms with Crippen LogP contribution in [0.15, 0.2) is 23.1 Å². The van der Waals surface area contributed by atoms with E-state index in [1.807, 2.05) is 0 Å². The summed E-state index contributed by atoms with van der Waals surface area (Å²) in [5.74, 6) is -0.164. The highest BCUT2D eigenvalue weighted by Crippen LogP contribution is 2.23. The highest BCUT2D eigenvalue weighted by atomic mass is 35.7. The van der Waals surface area contributed by atoms with Gasteiger partial charge in [-0.1, -0.05) is 6.07 Å². The van der Waals surface area contributed by atoms with E-state index in [-0.39, 0.29) is 10.8 Å². The summed E-state index contributed by atoms with van der Waals surface area (Å²) in [6, 6.07) is 4.42. The van der Waals surface area contributed by atoms with Crippen molar-refractivity contribution in [2.45, 2.75) is 11.3 Å². The van der Waals surface area contributed by atoms with E-state index in [0.717, 1.165) is 12.0 Å². The van der Waals surface area contributed by atoms with Gasteiger partial charge in [-0.25, -0.2) is 8.42 Å². The first-order valence-corrected chi connectivity index (χ1v) is 7.03. The second-order valence-electron chi connectivity index (χ2n) is 3.73. The smallest absolute Gasteiger partial charge is 0.261 e. The number of rotatable bonds is 1. The lowest BCUT2D eigenvalue weighted by molar-refractivity contribution is 0.0780. The van der Waals surface area contributed by atoms with Gasteiger partial charge in [-0.15, -0.1) is 0 Å². The number of hydrogen-bond acceptors (Lipinski definition) is 3. The second kappa shape index (κ2) is 3.75. The van der Waals surface area contributed by atoms with E-state index in [4.69, 9.17) is 10.7 Å². The van der Waals surface area contributed by atoms with Crippen LogP contribution in [0.25, 0.3) is 0 Å². The standard InChI is InChI=1S/C10H10ClNO3S/c1-12-5-4-7-2-3-8(16(11,14)15)6-9(7)10(12)13/h2-3,6H,4-5H2,1H3. The number of likely N-dealkylation sites (N-methyl/N-ethyl adjacent to an activating group) is 1. The minimum Gasteiger partial charge on any atom is -0.341 e. The Morgan fingerprint density at radius 3 is 2.69 bits per heavy atom. The number of carbonyl (C=O) groups is 1. The summed E-state index contributed by atoms with van der Waals surface area (Å²) < 4.78 is 22.3. The van der Waals surface area contributed by atoms with Gasteiger partial charge in [0.2, 0.25) is 0 Å². The quantitative estimate of drug-likeness (QED) is 0.713. The van der Waals surface area contributed by atoms with Crippen LogP contribution in [0, 0.1) is 0 Å². The van der Waals surface area contributed by atoms with Crippen LogP contribution in [0.4, 0.5) is 0 Å². The van der Waals surface area contributed by atoms with Gasteiger partial charge in [0, 0.05) is 29.8 Å². The van der Waals surface area contributed by atoms with E-state index >= 15 is 0 Å². The molecule has 0 radical (unpaired) electrons. The number of hydrogen-bond donors (Lipinski definition) is 0. The Morgan fingerprint density at radius 1 is 1.38 bits per heavy atom. The maximum Gasteiger partial charge on any atom is 0.261 e. The molecule has 1 aliphatic rings. The summed E-state index contributed by atoms with van der Waals surface area (Å²) in [6.45, 7) is 0.652. The lowest BCUT2D eigenvalue weighted by atomic mass is 10.00. The van der Waals surface area contributed by atoms with Crippen LogP contribution in [-0.2, 0) is 15.5 Å². The van der Waals surface area contributed by atoms with Gasteiger partial charge < -0.3 is 4.90 Å². The Hall–Kier alpha value is -1.07. The van der Waals surface area contributed by atoms with Crippen LogP contribution in [0.3, 0.4) is 0 Å². The first kappa shape index (κ1) is 11.4. The predicted molar refractivity (Wildman–Crippen MR) is 60.1 cm³/mol. The lowest BCUT2D eigenvalue weighted by Crippen LogP contribution is -2.34. The first-order chi connectivity index (χ1) is 7.39. The van der Waals surface area contributed by atoms with Crippen molar-refractivity contribution in [1.29, 1.82) is 0 Å². The van der Waals surface area contributed by atoms with E-state index in [1.54, 1.807) is 18.0 Å². The van der Waals surface area contributed by atoms with Crippen molar-refractivity contribution in [2.24, 2.45) is 0 Å². The van der Waals surface area contributed by atoms with Crippen LogP contribution in [-0.4, -0.2) is 32.8 Å². The molecule has 0 atom stereocenters. The zero-order chi connectivity index (χ0) is 11.9. The summed E-state index contributed by atoms with van der Waals surface area (Å²) >= 11 is 0. The Balaban J connectivity index is 2.57. The molecule has 0 saturated heterocycles. The van der Waals surface area contributed by atoms with Gasteiger partial charge in [0.15, 0.2) is 0 Å². The van der Waals surface area contributed by atoms with Gasteiger partial charge in [0.1, 0.15) is 0 Å². The largest absolute Gasteiger partial charge is 0.341 e. The second-order valence-corrected chi connectivity index (χ2v) is 6.30. The third kappa shape index (κ3) is 1.92. The molecule has 16 heavy (non-hydrogen) atoms. The molecule has 1 aromatic rings. The highest BCUT2D eigenvalue weighted by Gasteiger charge is 2.23. The van der Waals surface area contributed by atoms with Crippen molar-refractivity contribution in [1.82, 2.24) is 4.90 Å². The Morgan fingerprint density at radius 2 is 2.06 bits per heavy atom. The van der Waals surface area contributed by atoms with Crippen molar-refractivity contribution in [3.8, 4) is 0 Å². The summed E-state index contributed by atoms with van der Waals surface area (Å²) in [5, 5.41) is 0. The average Bonchev–Trinajstić information content (AvgIpc) is 2.22. The Bertz CT molecular complexity index is 553. The van der Waals surface area contributed by atoms with Gasteiger partial charge >= 0.3 is 0 Å². The van der Waals surface area contributed by atoms with Crippen molar-refractivity contribution < 1.29 is 13.2 Å². The maximum absolute atomic E-state index is 11.8. The van der Waals surface area contributed by atoms with E-state index < -0.39 is 9.05 Å². The molecule has 0 aromatic heterocycles. The molecule has 0 N–H and O–H groups in total. The molecule has 6 heteroatoms. The normalized spacial score (nSPS) is 16.1. The Labute approximate surface area is 98.2 Å². The van der Waals surface area contributed by atoms with Gasteiger partial charge in [-0.05, 0) is 24.1 Å². The van der Waals surface area contributed by atoms with Gasteiger partial charge in [0.05, 0.1) is 4.90 Å². The molecule has 0 bridgehead atoms. The van der Waals surface area contributed by atoms with E-state index in [2.05, 4.69) is 0 Å². The Kier molecular flexibility index (Phi) is 2.67. The van der Waals surface area contributed by atoms with Crippen molar-refractivity contribution in [3.63, 3.8) is 0 Å². The van der Waals surface area contributed by atoms with Gasteiger partial charge in [-0.3, -0.25) is 4.79 Å². The molecular weight excluding hydrogens is 250 g/mol. The molecular formula is C10H10ClNO3S. The fourth-order valence-corrected chi connectivity index (χ4v) is 2.50. The van der Waals surface area contributed by atoms with Crippen molar-refractivity contribution in [3.05, 3.63) is 29.3 Å². The molecule has 86 valence electrons. The molecule has 4 nitrogen and oxygen atoms in total. The van der Waals surface area contributed by atoms with Gasteiger partial charge in [-0.2, -0.15) is 0 Å². The monoisotopic (exact) mass is 259 g/mol. The van der Waals surface area contributed by atoms with E-state index in [0.29, 0.717) is 12.1 Å². The number of fused-ring (bicyclic) bond motifs is 1. The maximum atomic E-state index is 11.8. The van der Waals surface area contributed by atoms with E-state index in [9.17, 15) is 13.2 Å². The van der Waals surface area contributed by atoms with Crippen LogP contribution in [0.2, 0.25) is 0 Å². The fraction of sp³-hybridized carbons (Fsp3) is 0.300. The van der Waals surface area contributed by atoms with Crippen LogP contribution in [0.1, 0.15) is 15.9 Å². The van der Waals surface area contributed by atoms with Crippen LogP contribution in [0.5, 0.6) is 0 Å². The molecule has 1 aromatic carbocycles. The fourth-order valence-electron chi connectivity index (χ4n) is 1.72. The zero-order valence-electron chi connectivity index (χ0n) is 8.60. The number of carbonyl (C=O) groups excluding carboxylic acids is 1. The molecule has 0 unspecified atom stereocenters. The number of nitrogens with zero attached hydrogens (tertiary/aromatic N) is 1. The first-order valence-electron chi connectivity index (χ1n) is 4.72. The summed E-state index contributed by atoms with van der Waals surface area (Å²) in [6.07, 6.45) is 0.736. The minimum atomic E-state index is -3.78. The highest BCUT2D eigenvalue weighted by molar-refractivity contribution is 8.13. The SMILES string of the molecule is CN1CCc2ccc(S(=O)(=O)Cl)cc2C1=O. The van der Waals surface area contributed by atoms with Crippen LogP contribution >= 0.6 is 10.7 Å². The molecule has 2 rings (SSSR count). The molecule has 1 heterocycles. The molecule has 1 aliphatic heterocycles. The summed E-state index contributed by atoms with van der Waals surface area (Å²) in [5.41, 5.74) is 1.29. The third-order valence-corrected chi connectivity index (χ3v) is 4.01. The summed E-state index contributed by atoms with van der Waals surface area (Å²) in [7, 11) is 3.14. The topological polar surface area (TPSA) is 54.5 Å². The molecule has 0 spiro atoms.